The minimum Gasteiger partial charge on any atom is -0.444 e. The van der Waals surface area contributed by atoms with Crippen LogP contribution >= 0.6 is 0 Å². The van der Waals surface area contributed by atoms with Crippen molar-refractivity contribution in [3.05, 3.63) is 24.3 Å². The van der Waals surface area contributed by atoms with Gasteiger partial charge in [-0.2, -0.15) is 0 Å². The van der Waals surface area contributed by atoms with Crippen molar-refractivity contribution in [1.82, 2.24) is 14.9 Å². The zero-order valence-corrected chi connectivity index (χ0v) is 17.6. The average molecular weight is 398 g/mol. The fourth-order valence-corrected chi connectivity index (χ4v) is 3.63. The van der Waals surface area contributed by atoms with Crippen molar-refractivity contribution in [2.45, 2.75) is 70.6 Å². The zero-order chi connectivity index (χ0) is 20.4. The number of nitrogens with zero attached hydrogens (tertiary/aromatic N) is 3. The third-order valence-corrected chi connectivity index (χ3v) is 5.25. The summed E-state index contributed by atoms with van der Waals surface area (Å²) < 4.78 is 5.62. The molecule has 1 saturated carbocycles. The maximum absolute atomic E-state index is 12.7. The van der Waals surface area contributed by atoms with Gasteiger partial charge >= 0.3 is 6.09 Å². The highest BCUT2D eigenvalue weighted by atomic mass is 16.6. The third kappa shape index (κ3) is 5.08. The molecule has 2 N–H and O–H groups in total. The third-order valence-electron chi connectivity index (χ3n) is 5.25. The van der Waals surface area contributed by atoms with Crippen molar-refractivity contribution in [2.75, 3.05) is 23.7 Å². The van der Waals surface area contributed by atoms with Crippen molar-refractivity contribution in [2.24, 2.45) is 0 Å². The molecule has 2 aromatic rings. The molecule has 1 atom stereocenters. The number of hydrogen-bond donors (Lipinski definition) is 2. The number of ether oxygens (including phenoxy) is 1. The summed E-state index contributed by atoms with van der Waals surface area (Å²) in [6, 6.07) is 8.48. The van der Waals surface area contributed by atoms with Gasteiger partial charge in [-0.25, -0.2) is 14.8 Å². The van der Waals surface area contributed by atoms with Crippen molar-refractivity contribution >= 4 is 28.8 Å². The quantitative estimate of drug-likeness (QED) is 0.778. The monoisotopic (exact) mass is 397 g/mol. The summed E-state index contributed by atoms with van der Waals surface area (Å²) in [4.78, 5) is 24.1. The van der Waals surface area contributed by atoms with E-state index in [4.69, 9.17) is 14.7 Å². The highest BCUT2D eigenvalue weighted by molar-refractivity contribution is 5.80. The lowest BCUT2D eigenvalue weighted by Gasteiger charge is -2.37. The van der Waals surface area contributed by atoms with Gasteiger partial charge < -0.3 is 20.3 Å². The van der Waals surface area contributed by atoms with Gasteiger partial charge in [0.15, 0.2) is 11.6 Å². The van der Waals surface area contributed by atoms with E-state index >= 15 is 0 Å². The summed E-state index contributed by atoms with van der Waals surface area (Å²) in [7, 11) is 0. The molecular weight excluding hydrogens is 366 g/mol. The van der Waals surface area contributed by atoms with E-state index in [-0.39, 0.29) is 12.1 Å². The normalized spacial score (nSPS) is 19.8. The second-order valence-electron chi connectivity index (χ2n) is 9.03. The maximum Gasteiger partial charge on any atom is 0.410 e. The van der Waals surface area contributed by atoms with Gasteiger partial charge in [-0.1, -0.05) is 12.1 Å². The summed E-state index contributed by atoms with van der Waals surface area (Å²) in [6.45, 7) is 7.08. The van der Waals surface area contributed by atoms with E-state index in [0.29, 0.717) is 12.6 Å². The van der Waals surface area contributed by atoms with Gasteiger partial charge in [0.25, 0.3) is 0 Å². The molecule has 1 aliphatic heterocycles. The van der Waals surface area contributed by atoms with Gasteiger partial charge in [-0.3, -0.25) is 0 Å². The Morgan fingerprint density at radius 3 is 2.45 bits per heavy atom. The van der Waals surface area contributed by atoms with Crippen molar-refractivity contribution < 1.29 is 9.53 Å². The van der Waals surface area contributed by atoms with Gasteiger partial charge in [0.05, 0.1) is 17.1 Å². The van der Waals surface area contributed by atoms with Crippen LogP contribution < -0.4 is 10.6 Å². The standard InChI is InChI=1S/C22H31N5O2/c1-22(2,3)29-21(28)27-13-7-6-8-16(27)14-23-19-20(24-15-11-12-15)26-18-10-5-4-9-17(18)25-19/h4-5,9-10,15-16H,6-8,11-14H2,1-3H3,(H,23,25)(H,24,26)/t16-/m1/s1. The number of aromatic nitrogens is 2. The SMILES string of the molecule is CC(C)(C)OC(=O)N1CCCC[C@@H]1CNc1nc2ccccc2nc1NC1CC1. The predicted molar refractivity (Wildman–Crippen MR) is 115 cm³/mol. The first kappa shape index (κ1) is 19.7. The highest BCUT2D eigenvalue weighted by Gasteiger charge is 2.31. The van der Waals surface area contributed by atoms with Gasteiger partial charge in [0.1, 0.15) is 5.60 Å². The predicted octanol–water partition coefficient (Wildman–Crippen LogP) is 4.41. The van der Waals surface area contributed by atoms with E-state index in [0.717, 1.165) is 48.5 Å². The fraction of sp³-hybridized carbons (Fsp3) is 0.591. The minimum absolute atomic E-state index is 0.0839. The number of likely N-dealkylation sites (tertiary alicyclic amines) is 1. The topological polar surface area (TPSA) is 79.4 Å². The Labute approximate surface area is 172 Å². The molecule has 0 spiro atoms. The number of rotatable bonds is 5. The largest absolute Gasteiger partial charge is 0.444 e. The molecule has 2 fully saturated rings. The molecule has 2 heterocycles. The van der Waals surface area contributed by atoms with Crippen LogP contribution in [0.2, 0.25) is 0 Å². The lowest BCUT2D eigenvalue weighted by molar-refractivity contribution is 0.0114. The van der Waals surface area contributed by atoms with Crippen molar-refractivity contribution in [1.29, 1.82) is 0 Å². The highest BCUT2D eigenvalue weighted by Crippen LogP contribution is 2.29. The first-order valence-electron chi connectivity index (χ1n) is 10.7. The number of piperidine rings is 1. The number of fused-ring (bicyclic) bond motifs is 1. The molecule has 29 heavy (non-hydrogen) atoms. The van der Waals surface area contributed by atoms with Gasteiger partial charge in [-0.05, 0) is 65.0 Å². The second-order valence-corrected chi connectivity index (χ2v) is 9.03. The molecule has 0 radical (unpaired) electrons. The molecular formula is C22H31N5O2. The number of nitrogens with one attached hydrogen (secondary N) is 2. The lowest BCUT2D eigenvalue weighted by Crippen LogP contribution is -2.49. The summed E-state index contributed by atoms with van der Waals surface area (Å²) in [5.41, 5.74) is 1.26. The molecule has 0 bridgehead atoms. The Kier molecular flexibility index (Phi) is 5.48. The van der Waals surface area contributed by atoms with Crippen LogP contribution in [0.4, 0.5) is 16.4 Å². The zero-order valence-electron chi connectivity index (χ0n) is 17.6. The van der Waals surface area contributed by atoms with Crippen LogP contribution in [-0.2, 0) is 4.74 Å². The summed E-state index contributed by atoms with van der Waals surface area (Å²) in [6.07, 6.45) is 5.19. The Hall–Kier alpha value is -2.57. The average Bonchev–Trinajstić information content (AvgIpc) is 3.49. The molecule has 1 aromatic carbocycles. The number of carbonyl (C=O) groups is 1. The van der Waals surface area contributed by atoms with Gasteiger partial charge in [-0.15, -0.1) is 0 Å². The van der Waals surface area contributed by atoms with E-state index in [1.807, 2.05) is 49.9 Å². The van der Waals surface area contributed by atoms with Gasteiger partial charge in [0, 0.05) is 19.1 Å². The molecule has 1 saturated heterocycles. The number of hydrogen-bond acceptors (Lipinski definition) is 6. The molecule has 4 rings (SSSR count). The number of benzene rings is 1. The Morgan fingerprint density at radius 1 is 1.10 bits per heavy atom. The molecule has 7 heteroatoms. The van der Waals surface area contributed by atoms with Crippen LogP contribution in [0, 0.1) is 0 Å². The van der Waals surface area contributed by atoms with E-state index in [9.17, 15) is 4.79 Å². The molecule has 0 unspecified atom stereocenters. The molecule has 156 valence electrons. The van der Waals surface area contributed by atoms with E-state index in [1.54, 1.807) is 0 Å². The van der Waals surface area contributed by atoms with Crippen molar-refractivity contribution in [3.8, 4) is 0 Å². The summed E-state index contributed by atoms with van der Waals surface area (Å²) in [5.74, 6) is 1.55. The Balaban J connectivity index is 1.50. The smallest absolute Gasteiger partial charge is 0.410 e. The first-order valence-corrected chi connectivity index (χ1v) is 10.7. The molecule has 2 aliphatic rings. The van der Waals surface area contributed by atoms with Crippen LogP contribution in [-0.4, -0.2) is 51.7 Å². The molecule has 1 aliphatic carbocycles. The molecule has 7 nitrogen and oxygen atoms in total. The maximum atomic E-state index is 12.7. The van der Waals surface area contributed by atoms with E-state index in [2.05, 4.69) is 10.6 Å². The summed E-state index contributed by atoms with van der Waals surface area (Å²) in [5, 5.41) is 6.96. The van der Waals surface area contributed by atoms with Crippen molar-refractivity contribution in [3.63, 3.8) is 0 Å². The lowest BCUT2D eigenvalue weighted by atomic mass is 10.0. The van der Waals surface area contributed by atoms with E-state index in [1.165, 1.54) is 12.8 Å². The van der Waals surface area contributed by atoms with Crippen LogP contribution in [0.15, 0.2) is 24.3 Å². The number of carbonyl (C=O) groups excluding carboxylic acids is 1. The number of para-hydroxylation sites is 2. The molecule has 1 aromatic heterocycles. The van der Waals surface area contributed by atoms with E-state index < -0.39 is 5.60 Å². The van der Waals surface area contributed by atoms with Gasteiger partial charge in [0.2, 0.25) is 0 Å². The Morgan fingerprint density at radius 2 is 1.79 bits per heavy atom. The van der Waals surface area contributed by atoms with Crippen LogP contribution in [0.1, 0.15) is 52.9 Å². The number of anilines is 2. The minimum atomic E-state index is -0.488. The first-order chi connectivity index (χ1) is 13.9. The fourth-order valence-electron chi connectivity index (χ4n) is 3.63. The van der Waals surface area contributed by atoms with Crippen LogP contribution in [0.3, 0.4) is 0 Å². The van der Waals surface area contributed by atoms with Crippen LogP contribution in [0.25, 0.3) is 11.0 Å². The number of amides is 1. The molecule has 1 amide bonds. The van der Waals surface area contributed by atoms with Crippen LogP contribution in [0.5, 0.6) is 0 Å². The summed E-state index contributed by atoms with van der Waals surface area (Å²) >= 11 is 0. The second kappa shape index (κ2) is 8.05. The Bertz CT molecular complexity index is 875.